The smallest absolute Gasteiger partial charge is 0.251 e. The summed E-state index contributed by atoms with van der Waals surface area (Å²) in [6, 6.07) is 0. The Morgan fingerprint density at radius 1 is 0.640 bits per heavy atom. The molecule has 0 amide bonds. The van der Waals surface area contributed by atoms with Gasteiger partial charge in [-0.15, -0.1) is 0 Å². The number of nitrogens with zero attached hydrogens (tertiary/aromatic N) is 1. The van der Waals surface area contributed by atoms with Crippen molar-refractivity contribution in [3.63, 3.8) is 0 Å². The molecule has 6 N–H and O–H groups in total. The molecule has 0 bridgehead atoms. The summed E-state index contributed by atoms with van der Waals surface area (Å²) in [6.07, 6.45) is 10.7. The summed E-state index contributed by atoms with van der Waals surface area (Å²) in [5, 5.41) is 14.1. The molecular weight excluding hydrogens is 354 g/mol. The first-order valence-corrected chi connectivity index (χ1v) is 10.2. The normalized spacial score (nSPS) is 8.88. The molecule has 0 aliphatic heterocycles. The van der Waals surface area contributed by atoms with Crippen LogP contribution in [0.3, 0.4) is 0 Å². The van der Waals surface area contributed by atoms with Crippen LogP contribution in [0.25, 0.3) is 0 Å². The third-order valence-corrected chi connectivity index (χ3v) is 2.98. The number of unbranched alkanes of at least 4 members (excludes halogenated alkanes) is 4. The van der Waals surface area contributed by atoms with Gasteiger partial charge in [-0.05, 0) is 63.3 Å². The average molecular weight is 398 g/mol. The van der Waals surface area contributed by atoms with Gasteiger partial charge in [0.2, 0.25) is 0 Å². The first-order valence-electron chi connectivity index (χ1n) is 9.42. The van der Waals surface area contributed by atoms with Gasteiger partial charge in [0.15, 0.2) is 0 Å². The zero-order chi connectivity index (χ0) is 20.5. The number of rotatable bonds is 10. The SMILES string of the molecule is CCCC.CCCCN(CCCC)CCCC.NC(O)=S.NC(O)=S. The fourth-order valence-electron chi connectivity index (χ4n) is 1.48. The van der Waals surface area contributed by atoms with Gasteiger partial charge in [-0.1, -0.05) is 66.7 Å². The largest absolute Gasteiger partial charge is 0.487 e. The van der Waals surface area contributed by atoms with Crippen LogP contribution < -0.4 is 11.5 Å². The van der Waals surface area contributed by atoms with E-state index in [0.29, 0.717) is 0 Å². The van der Waals surface area contributed by atoms with Gasteiger partial charge in [0, 0.05) is 0 Å². The molecule has 0 aromatic heterocycles. The van der Waals surface area contributed by atoms with Crippen LogP contribution in [0.15, 0.2) is 0 Å². The molecule has 0 saturated carbocycles. The lowest BCUT2D eigenvalue weighted by Gasteiger charge is -2.21. The molecule has 0 atom stereocenters. The van der Waals surface area contributed by atoms with E-state index in [-0.39, 0.29) is 0 Å². The van der Waals surface area contributed by atoms with Crippen LogP contribution in [-0.4, -0.2) is 45.1 Å². The van der Waals surface area contributed by atoms with Crippen LogP contribution in [0.4, 0.5) is 0 Å². The van der Waals surface area contributed by atoms with Crippen molar-refractivity contribution in [2.24, 2.45) is 11.5 Å². The Bertz CT molecular complexity index is 228. The standard InChI is InChI=1S/C12H27N.C4H10.2CH3NOS/c1-4-7-10-13(11-8-5-2)12-9-6-3;1-3-4-2;2*2-1(3)4/h4-12H2,1-3H3;3-4H2,1-2H3;2*(H3,2,3,4). The second-order valence-electron chi connectivity index (χ2n) is 5.58. The number of nitrogens with two attached hydrogens (primary N) is 2. The van der Waals surface area contributed by atoms with Gasteiger partial charge < -0.3 is 26.6 Å². The van der Waals surface area contributed by atoms with E-state index in [4.69, 9.17) is 10.2 Å². The topological polar surface area (TPSA) is 95.7 Å². The quantitative estimate of drug-likeness (QED) is 0.382. The molecule has 0 fully saturated rings. The molecule has 0 aromatic rings. The lowest BCUT2D eigenvalue weighted by Crippen LogP contribution is -2.27. The van der Waals surface area contributed by atoms with E-state index in [1.165, 1.54) is 71.0 Å². The molecule has 25 heavy (non-hydrogen) atoms. The Balaban J connectivity index is -0.000000150. The Morgan fingerprint density at radius 3 is 0.960 bits per heavy atom. The van der Waals surface area contributed by atoms with Crippen molar-refractivity contribution in [1.29, 1.82) is 0 Å². The maximum atomic E-state index is 7.56. The van der Waals surface area contributed by atoms with Crippen LogP contribution in [0, 0.1) is 0 Å². The minimum absolute atomic E-state index is 0.500. The van der Waals surface area contributed by atoms with Crippen LogP contribution >= 0.6 is 24.4 Å². The summed E-state index contributed by atoms with van der Waals surface area (Å²) in [4.78, 5) is 2.64. The maximum absolute atomic E-state index is 7.56. The summed E-state index contributed by atoms with van der Waals surface area (Å²) in [7, 11) is 0. The van der Waals surface area contributed by atoms with E-state index in [0.717, 1.165) is 0 Å². The van der Waals surface area contributed by atoms with E-state index in [1.54, 1.807) is 0 Å². The Kier molecular flexibility index (Phi) is 39.9. The molecule has 154 valence electrons. The number of aliphatic hydroxyl groups excluding tert-OH is 2. The second-order valence-corrected chi connectivity index (χ2v) is 6.42. The highest BCUT2D eigenvalue weighted by molar-refractivity contribution is 7.80. The molecule has 0 rings (SSSR count). The van der Waals surface area contributed by atoms with Crippen molar-refractivity contribution in [3.8, 4) is 0 Å². The first-order chi connectivity index (χ1) is 11.7. The summed E-state index contributed by atoms with van der Waals surface area (Å²) in [6.45, 7) is 15.1. The van der Waals surface area contributed by atoms with Crippen molar-refractivity contribution in [3.05, 3.63) is 0 Å². The van der Waals surface area contributed by atoms with Gasteiger partial charge in [-0.3, -0.25) is 0 Å². The van der Waals surface area contributed by atoms with E-state index in [2.05, 4.69) is 75.4 Å². The van der Waals surface area contributed by atoms with Crippen molar-refractivity contribution in [2.75, 3.05) is 19.6 Å². The Hall–Kier alpha value is -0.660. The highest BCUT2D eigenvalue weighted by Gasteiger charge is 2.01. The third kappa shape index (κ3) is 69.8. The van der Waals surface area contributed by atoms with Crippen molar-refractivity contribution >= 4 is 34.8 Å². The van der Waals surface area contributed by atoms with Gasteiger partial charge in [0.25, 0.3) is 10.3 Å². The van der Waals surface area contributed by atoms with E-state index < -0.39 is 10.3 Å². The molecule has 0 aromatic carbocycles. The molecule has 0 radical (unpaired) electrons. The maximum Gasteiger partial charge on any atom is 0.251 e. The van der Waals surface area contributed by atoms with Crippen LogP contribution in [-0.2, 0) is 0 Å². The van der Waals surface area contributed by atoms with E-state index >= 15 is 0 Å². The molecular formula is C18H43N3O2S2. The highest BCUT2D eigenvalue weighted by Crippen LogP contribution is 2.01. The van der Waals surface area contributed by atoms with Crippen LogP contribution in [0.1, 0.15) is 86.0 Å². The van der Waals surface area contributed by atoms with Gasteiger partial charge in [-0.2, -0.15) is 0 Å². The van der Waals surface area contributed by atoms with Gasteiger partial charge >= 0.3 is 0 Å². The van der Waals surface area contributed by atoms with Crippen LogP contribution in [0.5, 0.6) is 0 Å². The fraction of sp³-hybridized carbons (Fsp3) is 0.889. The predicted octanol–water partition coefficient (Wildman–Crippen LogP) is 5.07. The minimum Gasteiger partial charge on any atom is -0.487 e. The highest BCUT2D eigenvalue weighted by atomic mass is 32.1. The van der Waals surface area contributed by atoms with Crippen molar-refractivity contribution in [2.45, 2.75) is 86.0 Å². The van der Waals surface area contributed by atoms with Gasteiger partial charge in [-0.25, -0.2) is 0 Å². The number of hydrogen-bond donors (Lipinski definition) is 4. The molecule has 5 nitrogen and oxygen atoms in total. The van der Waals surface area contributed by atoms with E-state index in [1.807, 2.05) is 0 Å². The summed E-state index contributed by atoms with van der Waals surface area (Å²) >= 11 is 7.74. The number of aliphatic hydroxyl groups is 2. The monoisotopic (exact) mass is 397 g/mol. The van der Waals surface area contributed by atoms with Crippen LogP contribution in [0.2, 0.25) is 0 Å². The number of hydrogen-bond acceptors (Lipinski definition) is 3. The first kappa shape index (κ1) is 32.0. The lowest BCUT2D eigenvalue weighted by molar-refractivity contribution is 0.261. The van der Waals surface area contributed by atoms with Crippen molar-refractivity contribution in [1.82, 2.24) is 4.90 Å². The van der Waals surface area contributed by atoms with E-state index in [9.17, 15) is 0 Å². The Morgan fingerprint density at radius 2 is 0.840 bits per heavy atom. The molecule has 0 aliphatic carbocycles. The summed E-state index contributed by atoms with van der Waals surface area (Å²) in [5.74, 6) is 0. The molecule has 0 spiro atoms. The number of thiocarbonyl (C=S) groups is 2. The lowest BCUT2D eigenvalue weighted by atomic mass is 10.2. The molecule has 0 saturated heterocycles. The summed E-state index contributed by atoms with van der Waals surface area (Å²) in [5.41, 5.74) is 8.80. The average Bonchev–Trinajstić information content (AvgIpc) is 2.53. The zero-order valence-electron chi connectivity index (χ0n) is 17.1. The zero-order valence-corrected chi connectivity index (χ0v) is 18.7. The molecule has 0 aliphatic rings. The summed E-state index contributed by atoms with van der Waals surface area (Å²) < 4.78 is 0. The second kappa shape index (κ2) is 31.1. The van der Waals surface area contributed by atoms with Gasteiger partial charge in [0.1, 0.15) is 0 Å². The third-order valence-electron chi connectivity index (χ3n) is 2.98. The molecule has 7 heteroatoms. The molecule has 0 unspecified atom stereocenters. The Labute approximate surface area is 167 Å². The van der Waals surface area contributed by atoms with Crippen molar-refractivity contribution < 1.29 is 10.2 Å². The predicted molar refractivity (Wildman–Crippen MR) is 121 cm³/mol. The molecule has 0 heterocycles. The fourth-order valence-corrected chi connectivity index (χ4v) is 1.48. The van der Waals surface area contributed by atoms with Gasteiger partial charge in [0.05, 0.1) is 0 Å². The minimum atomic E-state index is -0.500.